The Bertz CT molecular complexity index is 289. The number of nitrogens with zero attached hydrogens (tertiary/aromatic N) is 1. The fraction of sp³-hybridized carbons (Fsp3) is 1.00. The molecule has 2 N–H and O–H groups in total. The molecule has 0 radical (unpaired) electrons. The molecule has 0 aromatic carbocycles. The third kappa shape index (κ3) is 1.92. The van der Waals surface area contributed by atoms with E-state index in [1.807, 2.05) is 0 Å². The van der Waals surface area contributed by atoms with Crippen LogP contribution in [0.2, 0.25) is 0 Å². The van der Waals surface area contributed by atoms with Crippen molar-refractivity contribution in [2.75, 3.05) is 13.1 Å². The Morgan fingerprint density at radius 2 is 1.83 bits per heavy atom. The van der Waals surface area contributed by atoms with Crippen molar-refractivity contribution in [2.45, 2.75) is 76.3 Å². The number of fused-ring (bicyclic) bond motifs is 1. The van der Waals surface area contributed by atoms with E-state index in [-0.39, 0.29) is 0 Å². The van der Waals surface area contributed by atoms with E-state index in [1.165, 1.54) is 64.3 Å². The SMILES string of the molecule is CC1CCCC1(CN)N1CCC[C@H]2CCCC[C@H]21. The van der Waals surface area contributed by atoms with Gasteiger partial charge in [0.15, 0.2) is 0 Å². The van der Waals surface area contributed by atoms with Crippen LogP contribution in [-0.2, 0) is 0 Å². The zero-order chi connectivity index (χ0) is 12.6. The maximum atomic E-state index is 6.27. The molecular formula is C16H30N2. The van der Waals surface area contributed by atoms with Gasteiger partial charge < -0.3 is 5.73 Å². The van der Waals surface area contributed by atoms with Crippen LogP contribution in [0.1, 0.15) is 64.7 Å². The molecule has 18 heavy (non-hydrogen) atoms. The molecule has 3 fully saturated rings. The molecular weight excluding hydrogens is 220 g/mol. The smallest absolute Gasteiger partial charge is 0.0360 e. The largest absolute Gasteiger partial charge is 0.329 e. The van der Waals surface area contributed by atoms with Gasteiger partial charge >= 0.3 is 0 Å². The number of likely N-dealkylation sites (tertiary alicyclic amines) is 1. The van der Waals surface area contributed by atoms with E-state index < -0.39 is 0 Å². The fourth-order valence-electron chi connectivity index (χ4n) is 5.25. The lowest BCUT2D eigenvalue weighted by atomic mass is 9.74. The predicted molar refractivity (Wildman–Crippen MR) is 76.5 cm³/mol. The number of nitrogens with two attached hydrogens (primary N) is 1. The molecule has 0 amide bonds. The second-order valence-corrected chi connectivity index (χ2v) is 7.05. The number of hydrogen-bond donors (Lipinski definition) is 1. The highest BCUT2D eigenvalue weighted by molar-refractivity contribution is 5.04. The van der Waals surface area contributed by atoms with Gasteiger partial charge in [-0.15, -0.1) is 0 Å². The highest BCUT2D eigenvalue weighted by atomic mass is 15.3. The van der Waals surface area contributed by atoms with E-state index in [2.05, 4.69) is 11.8 Å². The van der Waals surface area contributed by atoms with Crippen LogP contribution in [0.25, 0.3) is 0 Å². The number of rotatable bonds is 2. The van der Waals surface area contributed by atoms with E-state index in [4.69, 9.17) is 5.73 Å². The molecule has 1 aliphatic heterocycles. The molecule has 1 saturated heterocycles. The van der Waals surface area contributed by atoms with E-state index in [0.717, 1.165) is 24.4 Å². The van der Waals surface area contributed by atoms with Gasteiger partial charge in [-0.05, 0) is 56.9 Å². The average Bonchev–Trinajstić information content (AvgIpc) is 2.80. The van der Waals surface area contributed by atoms with Crippen molar-refractivity contribution in [1.29, 1.82) is 0 Å². The monoisotopic (exact) mass is 250 g/mol. The summed E-state index contributed by atoms with van der Waals surface area (Å²) in [5.74, 6) is 1.80. The molecule has 3 aliphatic rings. The van der Waals surface area contributed by atoms with Gasteiger partial charge in [-0.1, -0.05) is 26.2 Å². The van der Waals surface area contributed by atoms with Crippen LogP contribution < -0.4 is 5.73 Å². The molecule has 3 rings (SSSR count). The van der Waals surface area contributed by atoms with Crippen LogP contribution in [0.5, 0.6) is 0 Å². The Morgan fingerprint density at radius 3 is 2.56 bits per heavy atom. The van der Waals surface area contributed by atoms with Crippen LogP contribution in [0.4, 0.5) is 0 Å². The lowest BCUT2D eigenvalue weighted by Gasteiger charge is -2.54. The topological polar surface area (TPSA) is 29.3 Å². The summed E-state index contributed by atoms with van der Waals surface area (Å²) in [5, 5.41) is 0. The van der Waals surface area contributed by atoms with Gasteiger partial charge in [-0.2, -0.15) is 0 Å². The van der Waals surface area contributed by atoms with E-state index in [1.54, 1.807) is 0 Å². The molecule has 2 aliphatic carbocycles. The summed E-state index contributed by atoms with van der Waals surface area (Å²) in [6.45, 7) is 4.66. The second-order valence-electron chi connectivity index (χ2n) is 7.05. The first-order chi connectivity index (χ1) is 8.78. The molecule has 104 valence electrons. The van der Waals surface area contributed by atoms with Gasteiger partial charge in [-0.3, -0.25) is 4.90 Å². The molecule has 0 aromatic heterocycles. The molecule has 2 heteroatoms. The van der Waals surface area contributed by atoms with Gasteiger partial charge in [0, 0.05) is 18.1 Å². The van der Waals surface area contributed by atoms with Crippen LogP contribution in [0, 0.1) is 11.8 Å². The Morgan fingerprint density at radius 1 is 1.06 bits per heavy atom. The molecule has 0 aromatic rings. The highest BCUT2D eigenvalue weighted by Gasteiger charge is 2.49. The molecule has 2 unspecified atom stereocenters. The summed E-state index contributed by atoms with van der Waals surface area (Å²) in [5.41, 5.74) is 6.63. The summed E-state index contributed by atoms with van der Waals surface area (Å²) < 4.78 is 0. The van der Waals surface area contributed by atoms with E-state index in [9.17, 15) is 0 Å². The van der Waals surface area contributed by atoms with Crippen molar-refractivity contribution >= 4 is 0 Å². The molecule has 2 saturated carbocycles. The van der Waals surface area contributed by atoms with Crippen molar-refractivity contribution in [3.63, 3.8) is 0 Å². The normalized spacial score (nSPS) is 46.0. The summed E-state index contributed by atoms with van der Waals surface area (Å²) in [6.07, 6.45) is 12.9. The van der Waals surface area contributed by atoms with Crippen molar-refractivity contribution in [2.24, 2.45) is 17.6 Å². The lowest BCUT2D eigenvalue weighted by molar-refractivity contribution is -0.0409. The first-order valence-corrected chi connectivity index (χ1v) is 8.25. The maximum absolute atomic E-state index is 6.27. The third-order valence-electron chi connectivity index (χ3n) is 6.33. The fourth-order valence-corrected chi connectivity index (χ4v) is 5.25. The molecule has 0 spiro atoms. The quantitative estimate of drug-likeness (QED) is 0.815. The summed E-state index contributed by atoms with van der Waals surface area (Å²) >= 11 is 0. The minimum atomic E-state index is 0.362. The van der Waals surface area contributed by atoms with E-state index in [0.29, 0.717) is 5.54 Å². The van der Waals surface area contributed by atoms with E-state index >= 15 is 0 Å². The van der Waals surface area contributed by atoms with Gasteiger partial charge in [0.1, 0.15) is 0 Å². The zero-order valence-electron chi connectivity index (χ0n) is 12.0. The van der Waals surface area contributed by atoms with Gasteiger partial charge in [-0.25, -0.2) is 0 Å². The Kier molecular flexibility index (Phi) is 3.68. The first-order valence-electron chi connectivity index (χ1n) is 8.25. The van der Waals surface area contributed by atoms with Crippen LogP contribution in [0.15, 0.2) is 0 Å². The summed E-state index contributed by atoms with van der Waals surface area (Å²) in [7, 11) is 0. The van der Waals surface area contributed by atoms with Crippen LogP contribution in [-0.4, -0.2) is 29.6 Å². The van der Waals surface area contributed by atoms with Crippen LogP contribution >= 0.6 is 0 Å². The predicted octanol–water partition coefficient (Wildman–Crippen LogP) is 3.16. The molecule has 1 heterocycles. The highest BCUT2D eigenvalue weighted by Crippen LogP contribution is 2.46. The van der Waals surface area contributed by atoms with Crippen molar-refractivity contribution in [3.8, 4) is 0 Å². The minimum Gasteiger partial charge on any atom is -0.329 e. The third-order valence-corrected chi connectivity index (χ3v) is 6.33. The molecule has 4 atom stereocenters. The molecule has 2 nitrogen and oxygen atoms in total. The van der Waals surface area contributed by atoms with Crippen LogP contribution in [0.3, 0.4) is 0 Å². The zero-order valence-corrected chi connectivity index (χ0v) is 12.0. The minimum absolute atomic E-state index is 0.362. The number of piperidine rings is 1. The van der Waals surface area contributed by atoms with Gasteiger partial charge in [0.05, 0.1) is 0 Å². The Hall–Kier alpha value is -0.0800. The standard InChI is InChI=1S/C16H30N2/c1-13-6-4-10-16(13,12-17)18-11-5-8-14-7-2-3-9-15(14)18/h13-15H,2-12,17H2,1H3/t13?,14-,15-,16?/m1/s1. The lowest BCUT2D eigenvalue weighted by Crippen LogP contribution is -2.63. The summed E-state index contributed by atoms with van der Waals surface area (Å²) in [6, 6.07) is 0.872. The van der Waals surface area contributed by atoms with Crippen molar-refractivity contribution in [3.05, 3.63) is 0 Å². The first kappa shape index (κ1) is 12.9. The Balaban J connectivity index is 1.84. The summed E-state index contributed by atoms with van der Waals surface area (Å²) in [4.78, 5) is 2.90. The van der Waals surface area contributed by atoms with Gasteiger partial charge in [0.25, 0.3) is 0 Å². The average molecular weight is 250 g/mol. The van der Waals surface area contributed by atoms with Crippen molar-refractivity contribution < 1.29 is 0 Å². The van der Waals surface area contributed by atoms with Gasteiger partial charge in [0.2, 0.25) is 0 Å². The van der Waals surface area contributed by atoms with Crippen molar-refractivity contribution in [1.82, 2.24) is 4.90 Å². The maximum Gasteiger partial charge on any atom is 0.0360 e. The number of hydrogen-bond acceptors (Lipinski definition) is 2. The second kappa shape index (κ2) is 5.13. The Labute approximate surface area is 112 Å². The molecule has 0 bridgehead atoms.